The Labute approximate surface area is 233 Å². The summed E-state index contributed by atoms with van der Waals surface area (Å²) in [6.45, 7) is 0.0762. The van der Waals surface area contributed by atoms with E-state index in [-0.39, 0.29) is 19.0 Å². The lowest BCUT2D eigenvalue weighted by atomic mass is 10.0. The van der Waals surface area contributed by atoms with Crippen molar-refractivity contribution in [2.75, 3.05) is 18.4 Å². The highest BCUT2D eigenvalue weighted by Crippen LogP contribution is 2.53. The average molecular weight is 613 g/mol. The Morgan fingerprint density at radius 2 is 1.73 bits per heavy atom. The number of rotatable bonds is 9. The zero-order valence-corrected chi connectivity index (χ0v) is 23.1. The molecule has 2 aromatic heterocycles. The van der Waals surface area contributed by atoms with Crippen LogP contribution in [0.25, 0.3) is 17.2 Å². The first-order valence-corrected chi connectivity index (χ1v) is 15.2. The smallest absolute Gasteiger partial charge is 0.323 e. The molecule has 5 rings (SSSR count). The van der Waals surface area contributed by atoms with Crippen molar-refractivity contribution in [3.63, 3.8) is 0 Å². The molecular formula is C24H27F2N5O8P2. The molecule has 3 aromatic rings. The summed E-state index contributed by atoms with van der Waals surface area (Å²) in [5.74, 6) is -2.82. The number of carbonyl (C=O) groups is 1. The van der Waals surface area contributed by atoms with E-state index >= 15 is 0 Å². The second-order valence-electron chi connectivity index (χ2n) is 9.49. The predicted octanol–water partition coefficient (Wildman–Crippen LogP) is 3.57. The van der Waals surface area contributed by atoms with Crippen molar-refractivity contribution >= 4 is 33.3 Å². The van der Waals surface area contributed by atoms with Crippen molar-refractivity contribution in [2.45, 2.75) is 31.4 Å². The van der Waals surface area contributed by atoms with Gasteiger partial charge in [0.15, 0.2) is 0 Å². The number of nitrogens with zero attached hydrogens (tertiary/aromatic N) is 4. The number of anilines is 1. The van der Waals surface area contributed by atoms with E-state index in [0.29, 0.717) is 18.3 Å². The third kappa shape index (κ3) is 10.0. The molecule has 13 nitrogen and oxygen atoms in total. The molecule has 0 bridgehead atoms. The van der Waals surface area contributed by atoms with Gasteiger partial charge < -0.3 is 24.9 Å². The zero-order chi connectivity index (χ0) is 29.8. The first kappa shape index (κ1) is 30.8. The van der Waals surface area contributed by atoms with Gasteiger partial charge in [-0.25, -0.2) is 17.9 Å². The van der Waals surface area contributed by atoms with E-state index < -0.39 is 21.6 Å². The fourth-order valence-corrected chi connectivity index (χ4v) is 5.09. The quantitative estimate of drug-likeness (QED) is 0.175. The fourth-order valence-electron chi connectivity index (χ4n) is 3.98. The lowest BCUT2D eigenvalue weighted by Crippen LogP contribution is -2.55. The van der Waals surface area contributed by atoms with Crippen LogP contribution in [0.1, 0.15) is 30.0 Å². The van der Waals surface area contributed by atoms with E-state index in [1.807, 2.05) is 35.3 Å². The molecule has 3 heterocycles. The molecule has 0 atom stereocenters. The first-order chi connectivity index (χ1) is 19.2. The third-order valence-electron chi connectivity index (χ3n) is 5.85. The normalized spacial score (nSPS) is 17.0. The molecule has 0 unspecified atom stereocenters. The van der Waals surface area contributed by atoms with Crippen LogP contribution in [-0.2, 0) is 24.8 Å². The molecule has 2 aliphatic rings. The van der Waals surface area contributed by atoms with Crippen LogP contribution in [0.2, 0.25) is 0 Å². The second-order valence-corrected chi connectivity index (χ2v) is 12.1. The van der Waals surface area contributed by atoms with Crippen LogP contribution < -0.4 is 5.32 Å². The average Bonchev–Trinajstić information content (AvgIpc) is 3.58. The number of likely N-dealkylation sites (tertiary alicyclic amines) is 1. The topological polar surface area (TPSA) is 187 Å². The lowest BCUT2D eigenvalue weighted by molar-refractivity contribution is -0.133. The molecule has 0 spiro atoms. The van der Waals surface area contributed by atoms with Crippen molar-refractivity contribution in [1.29, 1.82) is 0 Å². The Morgan fingerprint density at radius 3 is 2.29 bits per heavy atom. The number of alkyl halides is 2. The molecule has 41 heavy (non-hydrogen) atoms. The Balaban J connectivity index is 0.000000374. The van der Waals surface area contributed by atoms with Crippen LogP contribution in [0, 0.1) is 0 Å². The SMILES string of the molecule is O=C(C=Cc1cnccc1-c1cnn(C2CC2)c1)Nc1ccc(CN2CC(F)(F)C2)cc1.O=P(O)(O)OP(=O)(O)O. The minimum Gasteiger partial charge on any atom is -0.323 e. The van der Waals surface area contributed by atoms with E-state index in [0.717, 1.165) is 22.3 Å². The Morgan fingerprint density at radius 1 is 1.07 bits per heavy atom. The van der Waals surface area contributed by atoms with Gasteiger partial charge in [0, 0.05) is 48.0 Å². The van der Waals surface area contributed by atoms with Gasteiger partial charge in [-0.2, -0.15) is 9.41 Å². The zero-order valence-electron chi connectivity index (χ0n) is 21.3. The van der Waals surface area contributed by atoms with Gasteiger partial charge in [-0.05, 0) is 48.2 Å². The summed E-state index contributed by atoms with van der Waals surface area (Å²) in [4.78, 5) is 49.3. The minimum absolute atomic E-state index is 0.200. The van der Waals surface area contributed by atoms with Gasteiger partial charge in [0.1, 0.15) is 0 Å². The summed E-state index contributed by atoms with van der Waals surface area (Å²) in [6, 6.07) is 9.66. The molecule has 1 saturated carbocycles. The minimum atomic E-state index is -5.05. The maximum Gasteiger partial charge on any atom is 0.478 e. The van der Waals surface area contributed by atoms with Crippen LogP contribution in [0.15, 0.2) is 61.2 Å². The Bertz CT molecular complexity index is 1470. The van der Waals surface area contributed by atoms with Crippen LogP contribution in [0.4, 0.5) is 14.5 Å². The van der Waals surface area contributed by atoms with E-state index in [2.05, 4.69) is 19.7 Å². The van der Waals surface area contributed by atoms with Gasteiger partial charge >= 0.3 is 15.6 Å². The number of benzene rings is 1. The Hall–Kier alpha value is -3.13. The molecule has 1 aliphatic carbocycles. The van der Waals surface area contributed by atoms with Crippen molar-refractivity contribution in [3.8, 4) is 11.1 Å². The summed E-state index contributed by atoms with van der Waals surface area (Å²) in [6.07, 6.45) is 12.9. The number of aromatic nitrogens is 3. The number of halogens is 2. The summed E-state index contributed by atoms with van der Waals surface area (Å²) < 4.78 is 50.1. The van der Waals surface area contributed by atoms with E-state index in [1.54, 1.807) is 35.5 Å². The molecule has 1 aliphatic heterocycles. The molecular weight excluding hydrogens is 586 g/mol. The maximum absolute atomic E-state index is 12.9. The van der Waals surface area contributed by atoms with Gasteiger partial charge in [-0.1, -0.05) is 12.1 Å². The highest BCUT2D eigenvalue weighted by molar-refractivity contribution is 7.60. The standard InChI is InChI=1S/C24H23F2N5O.H4O7P2/c25-24(26)15-30(16-24)13-17-1-4-20(5-2-17)29-23(32)8-3-18-11-27-10-9-22(18)19-12-28-31(14-19)21-6-7-21;1-8(2,3)7-9(4,5)6/h1-5,8-12,14,21H,6-7,13,15-16H2,(H,29,32);(H2,1,2,3)(H2,4,5,6). The Kier molecular flexibility index (Phi) is 9.32. The van der Waals surface area contributed by atoms with E-state index in [1.165, 1.54) is 18.9 Å². The van der Waals surface area contributed by atoms with Crippen molar-refractivity contribution in [1.82, 2.24) is 19.7 Å². The molecule has 5 N–H and O–H groups in total. The molecule has 1 aromatic carbocycles. The highest BCUT2D eigenvalue weighted by atomic mass is 31.3. The number of pyridine rings is 1. The summed E-state index contributed by atoms with van der Waals surface area (Å²) >= 11 is 0. The summed E-state index contributed by atoms with van der Waals surface area (Å²) in [7, 11) is -10.1. The summed E-state index contributed by atoms with van der Waals surface area (Å²) in [5, 5.41) is 7.26. The van der Waals surface area contributed by atoms with E-state index in [4.69, 9.17) is 19.6 Å². The fraction of sp³-hybridized carbons (Fsp3) is 0.292. The van der Waals surface area contributed by atoms with Gasteiger partial charge in [-0.3, -0.25) is 19.4 Å². The first-order valence-electron chi connectivity index (χ1n) is 12.1. The molecule has 17 heteroatoms. The predicted molar refractivity (Wildman–Crippen MR) is 143 cm³/mol. The van der Waals surface area contributed by atoms with E-state index in [9.17, 15) is 22.7 Å². The number of hydrogen-bond acceptors (Lipinski definition) is 7. The van der Waals surface area contributed by atoms with Gasteiger partial charge in [0.05, 0.1) is 25.3 Å². The van der Waals surface area contributed by atoms with Gasteiger partial charge in [0.25, 0.3) is 5.92 Å². The maximum atomic E-state index is 12.9. The number of amides is 1. The molecule has 1 amide bonds. The molecule has 0 radical (unpaired) electrons. The summed E-state index contributed by atoms with van der Waals surface area (Å²) in [5.41, 5.74) is 4.38. The largest absolute Gasteiger partial charge is 0.478 e. The number of phosphoric acid groups is 2. The molecule has 220 valence electrons. The number of carbonyl (C=O) groups excluding carboxylic acids is 1. The highest BCUT2D eigenvalue weighted by Gasteiger charge is 2.43. The van der Waals surface area contributed by atoms with Crippen LogP contribution >= 0.6 is 15.6 Å². The van der Waals surface area contributed by atoms with Crippen molar-refractivity contribution < 1.29 is 46.6 Å². The third-order valence-corrected chi connectivity index (χ3v) is 7.55. The van der Waals surface area contributed by atoms with Crippen LogP contribution in [-0.4, -0.2) is 64.2 Å². The molecule has 2 fully saturated rings. The van der Waals surface area contributed by atoms with Crippen LogP contribution in [0.5, 0.6) is 0 Å². The van der Waals surface area contributed by atoms with Gasteiger partial charge in [0.2, 0.25) is 5.91 Å². The van der Waals surface area contributed by atoms with Gasteiger partial charge in [-0.15, -0.1) is 0 Å². The number of hydrogen-bond donors (Lipinski definition) is 5. The molecule has 1 saturated heterocycles. The number of nitrogens with one attached hydrogen (secondary N) is 1. The van der Waals surface area contributed by atoms with Crippen LogP contribution in [0.3, 0.4) is 0 Å². The monoisotopic (exact) mass is 613 g/mol. The lowest BCUT2D eigenvalue weighted by Gasteiger charge is -2.38. The van der Waals surface area contributed by atoms with Crippen molar-refractivity contribution in [3.05, 3.63) is 72.3 Å². The van der Waals surface area contributed by atoms with Crippen molar-refractivity contribution in [2.24, 2.45) is 0 Å². The second kappa shape index (κ2) is 12.4.